The van der Waals surface area contributed by atoms with Gasteiger partial charge in [0.2, 0.25) is 5.91 Å². The maximum Gasteiger partial charge on any atom is 0.233 e. The van der Waals surface area contributed by atoms with Gasteiger partial charge in [0.1, 0.15) is 0 Å². The van der Waals surface area contributed by atoms with Gasteiger partial charge in [-0.25, -0.2) is 0 Å². The first-order valence-corrected chi connectivity index (χ1v) is 6.40. The van der Waals surface area contributed by atoms with E-state index >= 15 is 0 Å². The molecule has 1 unspecified atom stereocenters. The molecule has 0 saturated heterocycles. The van der Waals surface area contributed by atoms with E-state index in [-0.39, 0.29) is 11.9 Å². The van der Waals surface area contributed by atoms with E-state index in [9.17, 15) is 4.79 Å². The Hall–Kier alpha value is -1.36. The number of nitrogens with zero attached hydrogens (tertiary/aromatic N) is 2. The Bertz CT molecular complexity index is 398. The van der Waals surface area contributed by atoms with Crippen molar-refractivity contribution in [2.45, 2.75) is 33.7 Å². The van der Waals surface area contributed by atoms with E-state index in [2.05, 4.69) is 29.6 Å². The molecule has 5 nitrogen and oxygen atoms in total. The fourth-order valence-electron chi connectivity index (χ4n) is 1.78. The van der Waals surface area contributed by atoms with Crippen LogP contribution in [0.4, 0.5) is 0 Å². The number of aromatic nitrogens is 2. The summed E-state index contributed by atoms with van der Waals surface area (Å²) in [5.41, 5.74) is 2.13. The van der Waals surface area contributed by atoms with Crippen molar-refractivity contribution in [3.63, 3.8) is 0 Å². The van der Waals surface area contributed by atoms with Crippen molar-refractivity contribution >= 4 is 5.91 Å². The largest absolute Gasteiger partial charge is 0.355 e. The Morgan fingerprint density at radius 3 is 2.61 bits per heavy atom. The number of amides is 1. The smallest absolute Gasteiger partial charge is 0.233 e. The Balaban J connectivity index is 2.39. The lowest BCUT2D eigenvalue weighted by atomic mass is 10.1. The Morgan fingerprint density at radius 1 is 1.44 bits per heavy atom. The van der Waals surface area contributed by atoms with Crippen molar-refractivity contribution in [2.24, 2.45) is 13.0 Å². The number of aryl methyl sites for hydroxylation is 2. The van der Waals surface area contributed by atoms with Gasteiger partial charge in [0.15, 0.2) is 0 Å². The SMILES string of the molecule is Cc1nn(C)cc1C(C)NCC(=O)NCC(C)C. The first-order valence-electron chi connectivity index (χ1n) is 6.40. The van der Waals surface area contributed by atoms with Crippen LogP contribution in [0.25, 0.3) is 0 Å². The summed E-state index contributed by atoms with van der Waals surface area (Å²) in [6.45, 7) is 9.24. The minimum absolute atomic E-state index is 0.0390. The Kier molecular flexibility index (Phi) is 5.34. The number of rotatable bonds is 6. The van der Waals surface area contributed by atoms with E-state index in [1.54, 1.807) is 4.68 Å². The van der Waals surface area contributed by atoms with Gasteiger partial charge in [-0.3, -0.25) is 9.48 Å². The maximum absolute atomic E-state index is 11.6. The van der Waals surface area contributed by atoms with Crippen LogP contribution in [0.5, 0.6) is 0 Å². The van der Waals surface area contributed by atoms with Crippen molar-refractivity contribution in [1.82, 2.24) is 20.4 Å². The molecule has 0 radical (unpaired) electrons. The molecule has 1 aromatic heterocycles. The third-order valence-electron chi connectivity index (χ3n) is 2.79. The van der Waals surface area contributed by atoms with Gasteiger partial charge in [-0.2, -0.15) is 5.10 Å². The zero-order valence-corrected chi connectivity index (χ0v) is 11.9. The van der Waals surface area contributed by atoms with Crippen LogP contribution in [-0.4, -0.2) is 28.8 Å². The number of nitrogens with one attached hydrogen (secondary N) is 2. The van der Waals surface area contributed by atoms with E-state index in [0.717, 1.165) is 17.8 Å². The summed E-state index contributed by atoms with van der Waals surface area (Å²) in [6.07, 6.45) is 1.99. The number of hydrogen-bond donors (Lipinski definition) is 2. The van der Waals surface area contributed by atoms with Crippen LogP contribution >= 0.6 is 0 Å². The number of carbonyl (C=O) groups is 1. The lowest BCUT2D eigenvalue weighted by Gasteiger charge is -2.13. The van der Waals surface area contributed by atoms with Crippen LogP contribution in [0.15, 0.2) is 6.20 Å². The first kappa shape index (κ1) is 14.7. The fourth-order valence-corrected chi connectivity index (χ4v) is 1.78. The van der Waals surface area contributed by atoms with Gasteiger partial charge in [0.05, 0.1) is 12.2 Å². The summed E-state index contributed by atoms with van der Waals surface area (Å²) in [6, 6.07) is 0.128. The van der Waals surface area contributed by atoms with E-state index in [4.69, 9.17) is 0 Å². The zero-order valence-electron chi connectivity index (χ0n) is 11.9. The summed E-state index contributed by atoms with van der Waals surface area (Å²) >= 11 is 0. The maximum atomic E-state index is 11.6. The highest BCUT2D eigenvalue weighted by molar-refractivity contribution is 5.78. The lowest BCUT2D eigenvalue weighted by molar-refractivity contribution is -0.120. The highest BCUT2D eigenvalue weighted by atomic mass is 16.1. The van der Waals surface area contributed by atoms with E-state index < -0.39 is 0 Å². The summed E-state index contributed by atoms with van der Waals surface area (Å²) in [4.78, 5) is 11.6. The lowest BCUT2D eigenvalue weighted by Crippen LogP contribution is -2.36. The monoisotopic (exact) mass is 252 g/mol. The molecular weight excluding hydrogens is 228 g/mol. The van der Waals surface area contributed by atoms with Gasteiger partial charge in [-0.05, 0) is 19.8 Å². The molecule has 0 aliphatic carbocycles. The molecule has 102 valence electrons. The predicted octanol–water partition coefficient (Wildman–Crippen LogP) is 1.15. The molecular formula is C13H24N4O. The highest BCUT2D eigenvalue weighted by Gasteiger charge is 2.12. The minimum atomic E-state index is 0.0390. The van der Waals surface area contributed by atoms with Crippen LogP contribution in [0, 0.1) is 12.8 Å². The molecule has 2 N–H and O–H groups in total. The van der Waals surface area contributed by atoms with Crippen molar-refractivity contribution in [3.8, 4) is 0 Å². The van der Waals surface area contributed by atoms with Crippen LogP contribution in [0.2, 0.25) is 0 Å². The Labute approximate surface area is 109 Å². The minimum Gasteiger partial charge on any atom is -0.355 e. The third kappa shape index (κ3) is 4.49. The second-order valence-corrected chi connectivity index (χ2v) is 5.14. The molecule has 0 saturated carbocycles. The molecule has 0 fully saturated rings. The molecule has 1 amide bonds. The van der Waals surface area contributed by atoms with Crippen molar-refractivity contribution in [1.29, 1.82) is 0 Å². The average Bonchev–Trinajstić information content (AvgIpc) is 2.62. The summed E-state index contributed by atoms with van der Waals surface area (Å²) in [5.74, 6) is 0.518. The zero-order chi connectivity index (χ0) is 13.7. The molecule has 0 aromatic carbocycles. The second-order valence-electron chi connectivity index (χ2n) is 5.14. The first-order chi connectivity index (χ1) is 8.40. The standard InChI is InChI=1S/C13H24N4O/c1-9(2)6-15-13(18)7-14-10(3)12-8-17(5)16-11(12)4/h8-10,14H,6-7H2,1-5H3,(H,15,18). The summed E-state index contributed by atoms with van der Waals surface area (Å²) in [5, 5.41) is 10.4. The molecule has 0 spiro atoms. The molecule has 0 aliphatic rings. The van der Waals surface area contributed by atoms with Gasteiger partial charge in [0, 0.05) is 31.4 Å². The summed E-state index contributed by atoms with van der Waals surface area (Å²) < 4.78 is 1.79. The van der Waals surface area contributed by atoms with Gasteiger partial charge < -0.3 is 10.6 Å². The topological polar surface area (TPSA) is 59.0 Å². The molecule has 5 heteroatoms. The predicted molar refractivity (Wildman–Crippen MR) is 72.2 cm³/mol. The molecule has 1 rings (SSSR count). The molecule has 1 atom stereocenters. The van der Waals surface area contributed by atoms with Crippen LogP contribution in [0.3, 0.4) is 0 Å². The molecule has 0 bridgehead atoms. The van der Waals surface area contributed by atoms with E-state index in [1.165, 1.54) is 0 Å². The second kappa shape index (κ2) is 6.54. The van der Waals surface area contributed by atoms with E-state index in [0.29, 0.717) is 12.5 Å². The van der Waals surface area contributed by atoms with Crippen LogP contribution < -0.4 is 10.6 Å². The Morgan fingerprint density at radius 2 is 2.11 bits per heavy atom. The van der Waals surface area contributed by atoms with Crippen LogP contribution in [-0.2, 0) is 11.8 Å². The van der Waals surface area contributed by atoms with Crippen molar-refractivity contribution in [2.75, 3.05) is 13.1 Å². The van der Waals surface area contributed by atoms with Gasteiger partial charge in [-0.1, -0.05) is 13.8 Å². The quantitative estimate of drug-likeness (QED) is 0.798. The normalized spacial score (nSPS) is 12.8. The van der Waals surface area contributed by atoms with Crippen LogP contribution in [0.1, 0.15) is 38.1 Å². The van der Waals surface area contributed by atoms with Crippen molar-refractivity contribution < 1.29 is 4.79 Å². The number of hydrogen-bond acceptors (Lipinski definition) is 3. The van der Waals surface area contributed by atoms with Crippen molar-refractivity contribution in [3.05, 3.63) is 17.5 Å². The molecule has 1 aromatic rings. The average molecular weight is 252 g/mol. The van der Waals surface area contributed by atoms with Gasteiger partial charge in [0.25, 0.3) is 0 Å². The molecule has 1 heterocycles. The summed E-state index contributed by atoms with van der Waals surface area (Å²) in [7, 11) is 1.90. The number of carbonyl (C=O) groups excluding carboxylic acids is 1. The fraction of sp³-hybridized carbons (Fsp3) is 0.692. The van der Waals surface area contributed by atoms with E-state index in [1.807, 2.05) is 27.1 Å². The van der Waals surface area contributed by atoms with Gasteiger partial charge in [-0.15, -0.1) is 0 Å². The third-order valence-corrected chi connectivity index (χ3v) is 2.79. The molecule has 0 aliphatic heterocycles. The molecule has 18 heavy (non-hydrogen) atoms. The van der Waals surface area contributed by atoms with Gasteiger partial charge >= 0.3 is 0 Å². The highest BCUT2D eigenvalue weighted by Crippen LogP contribution is 2.14.